The lowest BCUT2D eigenvalue weighted by atomic mass is 10.3. The van der Waals surface area contributed by atoms with Gasteiger partial charge in [0.1, 0.15) is 0 Å². The van der Waals surface area contributed by atoms with Crippen molar-refractivity contribution in [1.82, 2.24) is 5.32 Å². The zero-order valence-corrected chi connectivity index (χ0v) is 11.9. The molecule has 1 aromatic rings. The van der Waals surface area contributed by atoms with Crippen LogP contribution in [0.15, 0.2) is 9.85 Å². The molecular formula is C9H11Br2NOS. The normalized spacial score (nSPS) is 12.6. The Balaban J connectivity index is 2.61. The first-order valence-electron chi connectivity index (χ1n) is 4.19. The number of carbonyl (C=O) groups is 1. The maximum atomic E-state index is 11.6. The van der Waals surface area contributed by atoms with Crippen molar-refractivity contribution in [2.75, 3.05) is 6.54 Å². The number of amides is 1. The Kier molecular flexibility index (Phi) is 4.60. The highest BCUT2D eigenvalue weighted by Crippen LogP contribution is 2.27. The van der Waals surface area contributed by atoms with E-state index in [1.54, 1.807) is 0 Å². The minimum atomic E-state index is -0.00454. The summed E-state index contributed by atoms with van der Waals surface area (Å²) in [5.41, 5.74) is 1.10. The van der Waals surface area contributed by atoms with Gasteiger partial charge in [-0.2, -0.15) is 0 Å². The van der Waals surface area contributed by atoms with Crippen LogP contribution >= 0.6 is 43.2 Å². The van der Waals surface area contributed by atoms with Crippen LogP contribution in [0, 0.1) is 6.92 Å². The Morgan fingerprint density at radius 1 is 1.71 bits per heavy atom. The molecule has 0 bridgehead atoms. The first kappa shape index (κ1) is 12.2. The van der Waals surface area contributed by atoms with Gasteiger partial charge in [0.2, 0.25) is 0 Å². The predicted octanol–water partition coefficient (Wildman–Crippen LogP) is 3.33. The highest BCUT2D eigenvalue weighted by Gasteiger charge is 2.10. The lowest BCUT2D eigenvalue weighted by Crippen LogP contribution is -2.27. The van der Waals surface area contributed by atoms with E-state index in [0.29, 0.717) is 11.4 Å². The molecule has 1 atom stereocenters. The van der Waals surface area contributed by atoms with Crippen molar-refractivity contribution in [3.05, 3.63) is 20.3 Å². The Hall–Kier alpha value is 0.130. The van der Waals surface area contributed by atoms with Crippen LogP contribution in [-0.4, -0.2) is 17.3 Å². The van der Waals surface area contributed by atoms with Crippen molar-refractivity contribution in [2.24, 2.45) is 0 Å². The number of aryl methyl sites for hydroxylation is 1. The van der Waals surface area contributed by atoms with Gasteiger partial charge in [0.15, 0.2) is 0 Å². The van der Waals surface area contributed by atoms with Crippen LogP contribution in [0.4, 0.5) is 0 Å². The number of nitrogens with one attached hydrogen (secondary N) is 1. The van der Waals surface area contributed by atoms with E-state index in [2.05, 4.69) is 37.2 Å². The van der Waals surface area contributed by atoms with Gasteiger partial charge in [-0.05, 0) is 34.5 Å². The van der Waals surface area contributed by atoms with Gasteiger partial charge in [-0.25, -0.2) is 0 Å². The molecule has 1 unspecified atom stereocenters. The first-order valence-corrected chi connectivity index (χ1v) is 6.71. The van der Waals surface area contributed by atoms with Crippen molar-refractivity contribution in [2.45, 2.75) is 18.7 Å². The van der Waals surface area contributed by atoms with E-state index in [1.807, 2.05) is 19.9 Å². The number of halogens is 2. The van der Waals surface area contributed by atoms with Gasteiger partial charge >= 0.3 is 0 Å². The average Bonchev–Trinajstić information content (AvgIpc) is 2.43. The zero-order chi connectivity index (χ0) is 10.7. The summed E-state index contributed by atoms with van der Waals surface area (Å²) < 4.78 is 1.02. The second kappa shape index (κ2) is 5.28. The molecule has 78 valence electrons. The lowest BCUT2D eigenvalue weighted by Gasteiger charge is -2.04. The van der Waals surface area contributed by atoms with E-state index in [0.717, 1.165) is 14.2 Å². The average molecular weight is 341 g/mol. The molecule has 0 aliphatic heterocycles. The monoisotopic (exact) mass is 339 g/mol. The Bertz CT molecular complexity index is 316. The lowest BCUT2D eigenvalue weighted by molar-refractivity contribution is 0.0958. The van der Waals surface area contributed by atoms with Crippen LogP contribution in [0.1, 0.15) is 22.2 Å². The fraction of sp³-hybridized carbons (Fsp3) is 0.444. The molecule has 0 aromatic carbocycles. The molecule has 0 aliphatic rings. The van der Waals surface area contributed by atoms with Crippen LogP contribution in [0.2, 0.25) is 0 Å². The van der Waals surface area contributed by atoms with Gasteiger partial charge in [-0.1, -0.05) is 22.9 Å². The molecule has 14 heavy (non-hydrogen) atoms. The number of thiophene rings is 1. The van der Waals surface area contributed by atoms with Crippen LogP contribution in [-0.2, 0) is 0 Å². The highest BCUT2D eigenvalue weighted by atomic mass is 79.9. The van der Waals surface area contributed by atoms with E-state index in [4.69, 9.17) is 0 Å². The summed E-state index contributed by atoms with van der Waals surface area (Å²) in [5, 5.41) is 2.84. The number of hydrogen-bond donors (Lipinski definition) is 1. The summed E-state index contributed by atoms with van der Waals surface area (Å²) >= 11 is 8.23. The fourth-order valence-electron chi connectivity index (χ4n) is 0.892. The third-order valence-corrected chi connectivity index (χ3v) is 4.08. The summed E-state index contributed by atoms with van der Waals surface area (Å²) in [6.45, 7) is 4.62. The standard InChI is InChI=1S/C9H11Br2NOS/c1-5-3-7(14-8(5)11)9(13)12-4-6(2)10/h3,6H,4H2,1-2H3,(H,12,13). The molecule has 1 amide bonds. The molecule has 5 heteroatoms. The van der Waals surface area contributed by atoms with E-state index >= 15 is 0 Å². The second-order valence-electron chi connectivity index (χ2n) is 3.06. The maximum absolute atomic E-state index is 11.6. The molecule has 0 spiro atoms. The topological polar surface area (TPSA) is 29.1 Å². The molecular weight excluding hydrogens is 330 g/mol. The van der Waals surface area contributed by atoms with Crippen molar-refractivity contribution in [1.29, 1.82) is 0 Å². The van der Waals surface area contributed by atoms with E-state index in [-0.39, 0.29) is 5.91 Å². The minimum absolute atomic E-state index is 0.00454. The first-order chi connectivity index (χ1) is 6.50. The summed E-state index contributed by atoms with van der Waals surface area (Å²) in [6.07, 6.45) is 0. The third-order valence-electron chi connectivity index (χ3n) is 1.62. The maximum Gasteiger partial charge on any atom is 0.261 e. The van der Waals surface area contributed by atoms with Crippen molar-refractivity contribution < 1.29 is 4.79 Å². The smallest absolute Gasteiger partial charge is 0.261 e. The largest absolute Gasteiger partial charge is 0.350 e. The molecule has 0 fully saturated rings. The molecule has 0 saturated heterocycles. The predicted molar refractivity (Wildman–Crippen MR) is 67.5 cm³/mol. The number of rotatable bonds is 3. The zero-order valence-electron chi connectivity index (χ0n) is 7.93. The second-order valence-corrected chi connectivity index (χ2v) is 6.99. The van der Waals surface area contributed by atoms with E-state index in [9.17, 15) is 4.79 Å². The summed E-state index contributed by atoms with van der Waals surface area (Å²) in [4.78, 5) is 12.6. The molecule has 0 saturated carbocycles. The highest BCUT2D eigenvalue weighted by molar-refractivity contribution is 9.11. The van der Waals surface area contributed by atoms with Gasteiger partial charge < -0.3 is 5.32 Å². The SMILES string of the molecule is Cc1cc(C(=O)NCC(C)Br)sc1Br. The van der Waals surface area contributed by atoms with Gasteiger partial charge in [0.25, 0.3) is 5.91 Å². The van der Waals surface area contributed by atoms with Crippen molar-refractivity contribution in [3.63, 3.8) is 0 Å². The van der Waals surface area contributed by atoms with E-state index < -0.39 is 0 Å². The Morgan fingerprint density at radius 3 is 2.79 bits per heavy atom. The van der Waals surface area contributed by atoms with Gasteiger partial charge in [0, 0.05) is 11.4 Å². The fourth-order valence-corrected chi connectivity index (χ4v) is 2.51. The third kappa shape index (κ3) is 3.37. The van der Waals surface area contributed by atoms with Crippen LogP contribution in [0.25, 0.3) is 0 Å². The molecule has 1 rings (SSSR count). The van der Waals surface area contributed by atoms with Crippen molar-refractivity contribution >= 4 is 49.1 Å². The molecule has 2 nitrogen and oxygen atoms in total. The Morgan fingerprint density at radius 2 is 2.36 bits per heavy atom. The number of hydrogen-bond acceptors (Lipinski definition) is 2. The van der Waals surface area contributed by atoms with Gasteiger partial charge in [0.05, 0.1) is 8.66 Å². The minimum Gasteiger partial charge on any atom is -0.350 e. The molecule has 0 aliphatic carbocycles. The molecule has 1 N–H and O–H groups in total. The molecule has 0 radical (unpaired) electrons. The van der Waals surface area contributed by atoms with Gasteiger partial charge in [-0.3, -0.25) is 4.79 Å². The summed E-state index contributed by atoms with van der Waals surface area (Å²) in [7, 11) is 0. The summed E-state index contributed by atoms with van der Waals surface area (Å²) in [5.74, 6) is -0.00454. The van der Waals surface area contributed by atoms with Crippen molar-refractivity contribution in [3.8, 4) is 0 Å². The van der Waals surface area contributed by atoms with Crippen LogP contribution in [0.5, 0.6) is 0 Å². The quantitative estimate of drug-likeness (QED) is 0.840. The number of alkyl halides is 1. The number of carbonyl (C=O) groups excluding carboxylic acids is 1. The molecule has 1 aromatic heterocycles. The van der Waals surface area contributed by atoms with Crippen LogP contribution < -0.4 is 5.32 Å². The Labute approximate surface area is 104 Å². The van der Waals surface area contributed by atoms with Crippen LogP contribution in [0.3, 0.4) is 0 Å². The summed E-state index contributed by atoms with van der Waals surface area (Å²) in [6, 6.07) is 1.89. The molecule has 1 heterocycles. The van der Waals surface area contributed by atoms with E-state index in [1.165, 1.54) is 11.3 Å². The van der Waals surface area contributed by atoms with Gasteiger partial charge in [-0.15, -0.1) is 11.3 Å².